The number of hydrogen-bond acceptors (Lipinski definition) is 4. The Balaban J connectivity index is 1.91. The van der Waals surface area contributed by atoms with Crippen molar-refractivity contribution >= 4 is 23.1 Å². The fourth-order valence-corrected chi connectivity index (χ4v) is 2.90. The van der Waals surface area contributed by atoms with Crippen molar-refractivity contribution in [3.63, 3.8) is 0 Å². The molecule has 2 aromatic rings. The number of anilines is 1. The van der Waals surface area contributed by atoms with E-state index in [1.54, 1.807) is 0 Å². The number of carbonyl (C=O) groups is 1. The zero-order valence-corrected chi connectivity index (χ0v) is 11.5. The first kappa shape index (κ1) is 13.0. The molecular formula is C15H18N2O3. The molecule has 106 valence electrons. The molecule has 1 unspecified atom stereocenters. The highest BCUT2D eigenvalue weighted by molar-refractivity contribution is 5.77. The first-order valence-corrected chi connectivity index (χ1v) is 6.98. The van der Waals surface area contributed by atoms with Crippen LogP contribution in [0, 0.1) is 5.41 Å². The SMILES string of the molecule is CCC1(C(=O)O)CCCN(c2nc3ccccc3o2)C1. The Hall–Kier alpha value is -2.04. The maximum atomic E-state index is 11.6. The molecule has 1 N–H and O–H groups in total. The molecule has 1 aromatic carbocycles. The number of nitrogens with zero attached hydrogens (tertiary/aromatic N) is 2. The monoisotopic (exact) mass is 274 g/mol. The van der Waals surface area contributed by atoms with Gasteiger partial charge in [0.25, 0.3) is 6.01 Å². The Morgan fingerprint density at radius 3 is 3.00 bits per heavy atom. The summed E-state index contributed by atoms with van der Waals surface area (Å²) in [7, 11) is 0. The molecule has 1 saturated heterocycles. The van der Waals surface area contributed by atoms with Crippen LogP contribution in [0.3, 0.4) is 0 Å². The van der Waals surface area contributed by atoms with E-state index in [0.717, 1.165) is 30.5 Å². The van der Waals surface area contributed by atoms with Crippen molar-refractivity contribution in [2.24, 2.45) is 5.41 Å². The number of fused-ring (bicyclic) bond motifs is 1. The summed E-state index contributed by atoms with van der Waals surface area (Å²) in [4.78, 5) is 18.0. The summed E-state index contributed by atoms with van der Waals surface area (Å²) >= 11 is 0. The van der Waals surface area contributed by atoms with E-state index in [9.17, 15) is 9.90 Å². The fourth-order valence-electron chi connectivity index (χ4n) is 2.90. The highest BCUT2D eigenvalue weighted by atomic mass is 16.4. The minimum atomic E-state index is -0.721. The quantitative estimate of drug-likeness (QED) is 0.932. The molecular weight excluding hydrogens is 256 g/mol. The van der Waals surface area contributed by atoms with Crippen LogP contribution in [0.2, 0.25) is 0 Å². The van der Waals surface area contributed by atoms with E-state index in [4.69, 9.17) is 4.42 Å². The predicted molar refractivity (Wildman–Crippen MR) is 75.8 cm³/mol. The van der Waals surface area contributed by atoms with Gasteiger partial charge in [-0.15, -0.1) is 0 Å². The van der Waals surface area contributed by atoms with Crippen molar-refractivity contribution in [3.05, 3.63) is 24.3 Å². The molecule has 0 bridgehead atoms. The molecule has 1 aliphatic heterocycles. The van der Waals surface area contributed by atoms with Crippen LogP contribution in [-0.2, 0) is 4.79 Å². The molecule has 0 amide bonds. The summed E-state index contributed by atoms with van der Waals surface area (Å²) in [5, 5.41) is 9.52. The number of oxazole rings is 1. The second kappa shape index (κ2) is 4.81. The standard InChI is InChI=1S/C15H18N2O3/c1-2-15(13(18)19)8-5-9-17(10-15)14-16-11-6-3-4-7-12(11)20-14/h3-4,6-7H,2,5,8-10H2,1H3,(H,18,19). The Morgan fingerprint density at radius 2 is 2.30 bits per heavy atom. The molecule has 5 heteroatoms. The van der Waals surface area contributed by atoms with E-state index in [1.165, 1.54) is 0 Å². The smallest absolute Gasteiger partial charge is 0.311 e. The van der Waals surface area contributed by atoms with Crippen LogP contribution in [-0.4, -0.2) is 29.1 Å². The Labute approximate surface area is 117 Å². The Bertz CT molecular complexity index is 604. The van der Waals surface area contributed by atoms with Crippen molar-refractivity contribution in [1.29, 1.82) is 0 Å². The number of rotatable bonds is 3. The van der Waals surface area contributed by atoms with Gasteiger partial charge in [-0.25, -0.2) is 0 Å². The van der Waals surface area contributed by atoms with Crippen molar-refractivity contribution in [1.82, 2.24) is 4.98 Å². The molecule has 1 fully saturated rings. The van der Waals surface area contributed by atoms with Crippen LogP contribution >= 0.6 is 0 Å². The van der Waals surface area contributed by atoms with Crippen LogP contribution in [0.15, 0.2) is 28.7 Å². The molecule has 2 heterocycles. The van der Waals surface area contributed by atoms with E-state index >= 15 is 0 Å². The van der Waals surface area contributed by atoms with Gasteiger partial charge in [-0.1, -0.05) is 19.1 Å². The molecule has 1 atom stereocenters. The van der Waals surface area contributed by atoms with Gasteiger partial charge in [0.05, 0.1) is 5.41 Å². The highest BCUT2D eigenvalue weighted by Gasteiger charge is 2.41. The molecule has 0 saturated carbocycles. The third-order valence-electron chi connectivity index (χ3n) is 4.26. The average Bonchev–Trinajstić information content (AvgIpc) is 2.91. The molecule has 0 aliphatic carbocycles. The lowest BCUT2D eigenvalue weighted by Gasteiger charge is -2.38. The number of para-hydroxylation sites is 2. The number of benzene rings is 1. The number of piperidine rings is 1. The van der Waals surface area contributed by atoms with Gasteiger partial charge >= 0.3 is 5.97 Å². The van der Waals surface area contributed by atoms with E-state index in [2.05, 4.69) is 4.98 Å². The summed E-state index contributed by atoms with van der Waals surface area (Å²) in [5.74, 6) is -0.721. The third kappa shape index (κ3) is 2.03. The number of carboxylic acid groups (broad SMARTS) is 1. The van der Waals surface area contributed by atoms with Crippen LogP contribution in [0.4, 0.5) is 6.01 Å². The van der Waals surface area contributed by atoms with Gasteiger partial charge in [0.2, 0.25) is 0 Å². The first-order valence-electron chi connectivity index (χ1n) is 6.98. The maximum Gasteiger partial charge on any atom is 0.311 e. The zero-order chi connectivity index (χ0) is 14.2. The molecule has 20 heavy (non-hydrogen) atoms. The summed E-state index contributed by atoms with van der Waals surface area (Å²) in [6.45, 7) is 3.19. The lowest BCUT2D eigenvalue weighted by molar-refractivity contribution is -0.149. The second-order valence-electron chi connectivity index (χ2n) is 5.43. The summed E-state index contributed by atoms with van der Waals surface area (Å²) < 4.78 is 5.75. The molecule has 1 aliphatic rings. The second-order valence-corrected chi connectivity index (χ2v) is 5.43. The van der Waals surface area contributed by atoms with Gasteiger partial charge in [0, 0.05) is 13.1 Å². The molecule has 0 radical (unpaired) electrons. The summed E-state index contributed by atoms with van der Waals surface area (Å²) in [5.41, 5.74) is 0.870. The van der Waals surface area contributed by atoms with E-state index in [1.807, 2.05) is 36.1 Å². The lowest BCUT2D eigenvalue weighted by Crippen LogP contribution is -2.47. The average molecular weight is 274 g/mol. The molecule has 1 aromatic heterocycles. The number of aromatic nitrogens is 1. The summed E-state index contributed by atoms with van der Waals surface area (Å²) in [6, 6.07) is 8.13. The maximum absolute atomic E-state index is 11.6. The van der Waals surface area contributed by atoms with Crippen molar-refractivity contribution in [2.45, 2.75) is 26.2 Å². The van der Waals surface area contributed by atoms with Gasteiger partial charge in [0.1, 0.15) is 5.52 Å². The van der Waals surface area contributed by atoms with Gasteiger partial charge in [0.15, 0.2) is 5.58 Å². The first-order chi connectivity index (χ1) is 9.64. The lowest BCUT2D eigenvalue weighted by atomic mass is 9.78. The number of carboxylic acids is 1. The van der Waals surface area contributed by atoms with E-state index < -0.39 is 11.4 Å². The van der Waals surface area contributed by atoms with Crippen molar-refractivity contribution < 1.29 is 14.3 Å². The largest absolute Gasteiger partial charge is 0.481 e. The Kier molecular flexibility index (Phi) is 3.12. The van der Waals surface area contributed by atoms with E-state index in [-0.39, 0.29) is 0 Å². The van der Waals surface area contributed by atoms with Gasteiger partial charge < -0.3 is 14.4 Å². The van der Waals surface area contributed by atoms with Crippen LogP contribution in [0.5, 0.6) is 0 Å². The topological polar surface area (TPSA) is 66.6 Å². The molecule has 0 spiro atoms. The van der Waals surface area contributed by atoms with E-state index in [0.29, 0.717) is 19.0 Å². The molecule has 3 rings (SSSR count). The normalized spacial score (nSPS) is 23.1. The van der Waals surface area contributed by atoms with Crippen LogP contribution < -0.4 is 4.90 Å². The minimum absolute atomic E-state index is 0.464. The Morgan fingerprint density at radius 1 is 1.50 bits per heavy atom. The minimum Gasteiger partial charge on any atom is -0.481 e. The van der Waals surface area contributed by atoms with Gasteiger partial charge in [-0.2, -0.15) is 4.98 Å². The number of aliphatic carboxylic acids is 1. The zero-order valence-electron chi connectivity index (χ0n) is 11.5. The number of hydrogen-bond donors (Lipinski definition) is 1. The fraction of sp³-hybridized carbons (Fsp3) is 0.467. The van der Waals surface area contributed by atoms with Gasteiger partial charge in [-0.05, 0) is 31.4 Å². The van der Waals surface area contributed by atoms with Crippen molar-refractivity contribution in [3.8, 4) is 0 Å². The highest BCUT2D eigenvalue weighted by Crippen LogP contribution is 2.36. The van der Waals surface area contributed by atoms with Crippen LogP contribution in [0.25, 0.3) is 11.1 Å². The van der Waals surface area contributed by atoms with Crippen molar-refractivity contribution in [2.75, 3.05) is 18.0 Å². The molecule has 5 nitrogen and oxygen atoms in total. The van der Waals surface area contributed by atoms with Gasteiger partial charge in [-0.3, -0.25) is 4.79 Å². The third-order valence-corrected chi connectivity index (χ3v) is 4.26. The predicted octanol–water partition coefficient (Wildman–Crippen LogP) is 2.91. The van der Waals surface area contributed by atoms with Crippen LogP contribution in [0.1, 0.15) is 26.2 Å². The summed E-state index contributed by atoms with van der Waals surface area (Å²) in [6.07, 6.45) is 2.19.